The standard InChI is InChI=1S/C15H12FN3O/c16-14-5-4-12(18)7-13(14)15(20)19-9-11-3-1-2-10(6-11)8-17/h1-7H,9,18H2,(H,19,20). The summed E-state index contributed by atoms with van der Waals surface area (Å²) in [6, 6.07) is 12.7. The van der Waals surface area contributed by atoms with Crippen LogP contribution in [0.1, 0.15) is 21.5 Å². The number of nitrogens with two attached hydrogens (primary N) is 1. The number of amides is 1. The molecule has 20 heavy (non-hydrogen) atoms. The molecule has 1 amide bonds. The molecule has 0 spiro atoms. The van der Waals surface area contributed by atoms with Gasteiger partial charge in [-0.05, 0) is 35.9 Å². The van der Waals surface area contributed by atoms with Crippen LogP contribution in [-0.2, 0) is 6.54 Å². The van der Waals surface area contributed by atoms with Crippen LogP contribution in [0.25, 0.3) is 0 Å². The van der Waals surface area contributed by atoms with E-state index in [9.17, 15) is 9.18 Å². The van der Waals surface area contributed by atoms with Crippen LogP contribution < -0.4 is 11.1 Å². The third-order valence-electron chi connectivity index (χ3n) is 2.74. The second-order valence-electron chi connectivity index (χ2n) is 4.23. The summed E-state index contributed by atoms with van der Waals surface area (Å²) in [6.45, 7) is 0.211. The minimum atomic E-state index is -0.623. The number of nitrogens with zero attached hydrogens (tertiary/aromatic N) is 1. The highest BCUT2D eigenvalue weighted by molar-refractivity contribution is 5.95. The maximum absolute atomic E-state index is 13.5. The maximum atomic E-state index is 13.5. The molecule has 2 aromatic rings. The van der Waals surface area contributed by atoms with Crippen LogP contribution in [0.3, 0.4) is 0 Å². The first-order valence-electron chi connectivity index (χ1n) is 5.92. The molecule has 0 saturated carbocycles. The van der Waals surface area contributed by atoms with Gasteiger partial charge in [0.15, 0.2) is 0 Å². The Labute approximate surface area is 115 Å². The first-order chi connectivity index (χ1) is 9.60. The van der Waals surface area contributed by atoms with Crippen LogP contribution >= 0.6 is 0 Å². The molecule has 4 nitrogen and oxygen atoms in total. The summed E-state index contributed by atoms with van der Waals surface area (Å²) < 4.78 is 13.5. The zero-order chi connectivity index (χ0) is 14.5. The zero-order valence-electron chi connectivity index (χ0n) is 10.6. The Hall–Kier alpha value is -2.87. The Morgan fingerprint density at radius 3 is 2.85 bits per heavy atom. The summed E-state index contributed by atoms with van der Waals surface area (Å²) in [6.07, 6.45) is 0. The molecule has 0 fully saturated rings. The van der Waals surface area contributed by atoms with Gasteiger partial charge in [0.05, 0.1) is 17.2 Å². The van der Waals surface area contributed by atoms with Crippen molar-refractivity contribution in [1.82, 2.24) is 5.32 Å². The van der Waals surface area contributed by atoms with Crippen molar-refractivity contribution in [1.29, 1.82) is 5.26 Å². The number of rotatable bonds is 3. The van der Waals surface area contributed by atoms with E-state index < -0.39 is 11.7 Å². The predicted molar refractivity (Wildman–Crippen MR) is 73.1 cm³/mol. The van der Waals surface area contributed by atoms with Crippen molar-refractivity contribution in [2.45, 2.75) is 6.54 Å². The predicted octanol–water partition coefficient (Wildman–Crippen LogP) is 2.21. The molecule has 5 heteroatoms. The third kappa shape index (κ3) is 3.12. The van der Waals surface area contributed by atoms with Gasteiger partial charge in [0.1, 0.15) is 5.82 Å². The van der Waals surface area contributed by atoms with E-state index in [0.29, 0.717) is 11.3 Å². The molecule has 0 unspecified atom stereocenters. The Kier molecular flexibility index (Phi) is 3.96. The quantitative estimate of drug-likeness (QED) is 0.838. The summed E-state index contributed by atoms with van der Waals surface area (Å²) in [7, 11) is 0. The fraction of sp³-hybridized carbons (Fsp3) is 0.0667. The summed E-state index contributed by atoms with van der Waals surface area (Å²) in [4.78, 5) is 11.9. The van der Waals surface area contributed by atoms with E-state index in [2.05, 4.69) is 5.32 Å². The smallest absolute Gasteiger partial charge is 0.254 e. The van der Waals surface area contributed by atoms with Gasteiger partial charge in [0.25, 0.3) is 5.91 Å². The fourth-order valence-corrected chi connectivity index (χ4v) is 1.75. The monoisotopic (exact) mass is 269 g/mol. The summed E-state index contributed by atoms with van der Waals surface area (Å²) >= 11 is 0. The average Bonchev–Trinajstić information content (AvgIpc) is 2.47. The molecule has 0 aromatic heterocycles. The second kappa shape index (κ2) is 5.85. The molecule has 0 heterocycles. The van der Waals surface area contributed by atoms with E-state index in [1.54, 1.807) is 24.3 Å². The Morgan fingerprint density at radius 2 is 2.10 bits per heavy atom. The van der Waals surface area contributed by atoms with Gasteiger partial charge in [-0.1, -0.05) is 12.1 Å². The lowest BCUT2D eigenvalue weighted by Gasteiger charge is -2.07. The summed E-state index contributed by atoms with van der Waals surface area (Å²) in [5, 5.41) is 11.4. The minimum absolute atomic E-state index is 0.0959. The number of carbonyl (C=O) groups is 1. The van der Waals surface area contributed by atoms with Crippen molar-refractivity contribution in [3.8, 4) is 6.07 Å². The lowest BCUT2D eigenvalue weighted by atomic mass is 10.1. The van der Waals surface area contributed by atoms with E-state index in [1.807, 2.05) is 6.07 Å². The Balaban J connectivity index is 2.09. The normalized spacial score (nSPS) is 9.80. The number of halogens is 1. The molecular weight excluding hydrogens is 257 g/mol. The molecule has 0 aliphatic heterocycles. The van der Waals surface area contributed by atoms with Crippen molar-refractivity contribution in [2.75, 3.05) is 5.73 Å². The number of nitriles is 1. The molecular formula is C15H12FN3O. The number of nitrogens with one attached hydrogen (secondary N) is 1. The van der Waals surface area contributed by atoms with E-state index in [-0.39, 0.29) is 12.1 Å². The number of carbonyl (C=O) groups excluding carboxylic acids is 1. The summed E-state index contributed by atoms with van der Waals surface area (Å²) in [5.74, 6) is -1.17. The first-order valence-corrected chi connectivity index (χ1v) is 5.92. The minimum Gasteiger partial charge on any atom is -0.399 e. The molecule has 2 aromatic carbocycles. The van der Waals surface area contributed by atoms with Gasteiger partial charge < -0.3 is 11.1 Å². The van der Waals surface area contributed by atoms with Crippen molar-refractivity contribution in [2.24, 2.45) is 0 Å². The molecule has 0 aliphatic carbocycles. The van der Waals surface area contributed by atoms with Crippen LogP contribution in [0.4, 0.5) is 10.1 Å². The van der Waals surface area contributed by atoms with Crippen LogP contribution in [0, 0.1) is 17.1 Å². The maximum Gasteiger partial charge on any atom is 0.254 e. The number of hydrogen-bond donors (Lipinski definition) is 2. The van der Waals surface area contributed by atoms with Gasteiger partial charge in [0, 0.05) is 12.2 Å². The van der Waals surface area contributed by atoms with Crippen molar-refractivity contribution < 1.29 is 9.18 Å². The van der Waals surface area contributed by atoms with Crippen LogP contribution in [-0.4, -0.2) is 5.91 Å². The second-order valence-corrected chi connectivity index (χ2v) is 4.23. The van der Waals surface area contributed by atoms with E-state index in [0.717, 1.165) is 11.6 Å². The molecule has 0 aliphatic rings. The topological polar surface area (TPSA) is 78.9 Å². The Bertz CT molecular complexity index is 692. The molecule has 100 valence electrons. The highest BCUT2D eigenvalue weighted by atomic mass is 19.1. The SMILES string of the molecule is N#Cc1cccc(CNC(=O)c2cc(N)ccc2F)c1. The van der Waals surface area contributed by atoms with Gasteiger partial charge in [0.2, 0.25) is 0 Å². The molecule has 0 radical (unpaired) electrons. The molecule has 0 bridgehead atoms. The van der Waals surface area contributed by atoms with Crippen LogP contribution in [0.5, 0.6) is 0 Å². The number of anilines is 1. The van der Waals surface area contributed by atoms with Crippen molar-refractivity contribution in [3.63, 3.8) is 0 Å². The van der Waals surface area contributed by atoms with Gasteiger partial charge in [-0.25, -0.2) is 4.39 Å². The Morgan fingerprint density at radius 1 is 1.30 bits per heavy atom. The number of nitrogen functional groups attached to an aromatic ring is 1. The first kappa shape index (κ1) is 13.6. The van der Waals surface area contributed by atoms with Gasteiger partial charge >= 0.3 is 0 Å². The zero-order valence-corrected chi connectivity index (χ0v) is 10.6. The van der Waals surface area contributed by atoms with E-state index >= 15 is 0 Å². The van der Waals surface area contributed by atoms with Crippen LogP contribution in [0.2, 0.25) is 0 Å². The highest BCUT2D eigenvalue weighted by Gasteiger charge is 2.11. The fourth-order valence-electron chi connectivity index (χ4n) is 1.75. The molecule has 0 saturated heterocycles. The lowest BCUT2D eigenvalue weighted by Crippen LogP contribution is -2.24. The van der Waals surface area contributed by atoms with Gasteiger partial charge in [-0.15, -0.1) is 0 Å². The van der Waals surface area contributed by atoms with E-state index in [1.165, 1.54) is 12.1 Å². The lowest BCUT2D eigenvalue weighted by molar-refractivity contribution is 0.0947. The van der Waals surface area contributed by atoms with Gasteiger partial charge in [-0.3, -0.25) is 4.79 Å². The molecule has 0 atom stereocenters. The highest BCUT2D eigenvalue weighted by Crippen LogP contribution is 2.12. The molecule has 3 N–H and O–H groups in total. The van der Waals surface area contributed by atoms with Gasteiger partial charge in [-0.2, -0.15) is 5.26 Å². The van der Waals surface area contributed by atoms with Crippen LogP contribution in [0.15, 0.2) is 42.5 Å². The number of hydrogen-bond acceptors (Lipinski definition) is 3. The summed E-state index contributed by atoms with van der Waals surface area (Å²) in [5.41, 5.74) is 7.03. The number of benzene rings is 2. The van der Waals surface area contributed by atoms with E-state index in [4.69, 9.17) is 11.0 Å². The van der Waals surface area contributed by atoms with Crippen molar-refractivity contribution >= 4 is 11.6 Å². The molecule has 2 rings (SSSR count). The third-order valence-corrected chi connectivity index (χ3v) is 2.74. The average molecular weight is 269 g/mol. The largest absolute Gasteiger partial charge is 0.399 e. The van der Waals surface area contributed by atoms with Crippen molar-refractivity contribution in [3.05, 3.63) is 65.0 Å².